The Morgan fingerprint density at radius 3 is 2.46 bits per heavy atom. The van der Waals surface area contributed by atoms with E-state index in [1.54, 1.807) is 37.3 Å². The summed E-state index contributed by atoms with van der Waals surface area (Å²) in [5, 5.41) is 2.72. The van der Waals surface area contributed by atoms with E-state index in [1.807, 2.05) is 18.2 Å². The van der Waals surface area contributed by atoms with E-state index < -0.39 is 16.1 Å². The third-order valence-corrected chi connectivity index (χ3v) is 6.12. The molecule has 0 saturated carbocycles. The lowest BCUT2D eigenvalue weighted by Gasteiger charge is -2.17. The van der Waals surface area contributed by atoms with Crippen molar-refractivity contribution in [2.75, 3.05) is 18.4 Å². The van der Waals surface area contributed by atoms with Crippen LogP contribution in [0, 0.1) is 0 Å². The van der Waals surface area contributed by atoms with Crippen molar-refractivity contribution in [3.63, 3.8) is 0 Å². The van der Waals surface area contributed by atoms with Gasteiger partial charge in [-0.15, -0.1) is 0 Å². The van der Waals surface area contributed by atoms with Crippen LogP contribution >= 0.6 is 0 Å². The summed E-state index contributed by atoms with van der Waals surface area (Å²) in [6.07, 6.45) is 1.05. The first kappa shape index (κ1) is 18.4. The van der Waals surface area contributed by atoms with Gasteiger partial charge in [0.15, 0.2) is 6.10 Å². The van der Waals surface area contributed by atoms with Crippen molar-refractivity contribution < 1.29 is 17.9 Å². The number of carbonyl (C=O) groups is 1. The number of para-hydroxylation sites is 1. The zero-order valence-corrected chi connectivity index (χ0v) is 15.4. The van der Waals surface area contributed by atoms with Crippen LogP contribution in [-0.4, -0.2) is 37.8 Å². The van der Waals surface area contributed by atoms with Crippen molar-refractivity contribution in [2.45, 2.75) is 30.8 Å². The fourth-order valence-corrected chi connectivity index (χ4v) is 4.38. The third kappa shape index (κ3) is 4.23. The molecule has 1 aliphatic heterocycles. The summed E-state index contributed by atoms with van der Waals surface area (Å²) in [6, 6.07) is 15.4. The largest absolute Gasteiger partial charge is 0.481 e. The van der Waals surface area contributed by atoms with Crippen molar-refractivity contribution in [3.05, 3.63) is 54.6 Å². The van der Waals surface area contributed by atoms with E-state index >= 15 is 0 Å². The Morgan fingerprint density at radius 1 is 1.08 bits per heavy atom. The maximum Gasteiger partial charge on any atom is 0.265 e. The Bertz CT molecular complexity index is 862. The molecular formula is C19H22N2O4S. The first-order chi connectivity index (χ1) is 12.5. The number of benzene rings is 2. The zero-order chi connectivity index (χ0) is 18.6. The smallest absolute Gasteiger partial charge is 0.265 e. The maximum absolute atomic E-state index is 12.6. The van der Waals surface area contributed by atoms with Crippen molar-refractivity contribution in [1.82, 2.24) is 4.31 Å². The number of hydrogen-bond donors (Lipinski definition) is 1. The molecule has 26 heavy (non-hydrogen) atoms. The minimum atomic E-state index is -3.52. The molecule has 3 rings (SSSR count). The second-order valence-electron chi connectivity index (χ2n) is 6.20. The van der Waals surface area contributed by atoms with Crippen molar-refractivity contribution in [3.8, 4) is 5.75 Å². The summed E-state index contributed by atoms with van der Waals surface area (Å²) < 4.78 is 32.3. The number of nitrogens with one attached hydrogen (secondary N) is 1. The van der Waals surface area contributed by atoms with Crippen LogP contribution in [0.2, 0.25) is 0 Å². The molecule has 0 bridgehead atoms. The Labute approximate surface area is 153 Å². The predicted octanol–water partition coefficient (Wildman–Crippen LogP) is 2.88. The summed E-state index contributed by atoms with van der Waals surface area (Å²) in [5.74, 6) is 0.255. The Kier molecular flexibility index (Phi) is 5.58. The predicted molar refractivity (Wildman–Crippen MR) is 99.6 cm³/mol. The van der Waals surface area contributed by atoms with Gasteiger partial charge >= 0.3 is 0 Å². The fourth-order valence-electron chi connectivity index (χ4n) is 2.81. The molecule has 1 unspecified atom stereocenters. The molecule has 138 valence electrons. The molecule has 0 aromatic heterocycles. The SMILES string of the molecule is CC(Oc1ccccc1)C(=O)Nc1cccc(S(=O)(=O)N2CCCC2)c1. The van der Waals surface area contributed by atoms with Crippen LogP contribution in [-0.2, 0) is 14.8 Å². The van der Waals surface area contributed by atoms with Gasteiger partial charge in [-0.25, -0.2) is 8.42 Å². The normalized spacial score (nSPS) is 16.2. The highest BCUT2D eigenvalue weighted by atomic mass is 32.2. The highest BCUT2D eigenvalue weighted by Crippen LogP contribution is 2.23. The standard InChI is InChI=1S/C19H22N2O4S/c1-15(25-17-9-3-2-4-10-17)19(22)20-16-8-7-11-18(14-16)26(23,24)21-12-5-6-13-21/h2-4,7-11,14-15H,5-6,12-13H2,1H3,(H,20,22). The third-order valence-electron chi connectivity index (χ3n) is 4.23. The first-order valence-corrected chi connectivity index (χ1v) is 10.0. The van der Waals surface area contributed by atoms with E-state index in [0.29, 0.717) is 24.5 Å². The van der Waals surface area contributed by atoms with Gasteiger partial charge in [0.25, 0.3) is 5.91 Å². The lowest BCUT2D eigenvalue weighted by Crippen LogP contribution is -2.30. The van der Waals surface area contributed by atoms with Gasteiger partial charge in [0.05, 0.1) is 4.90 Å². The van der Waals surface area contributed by atoms with Crippen LogP contribution in [0.25, 0.3) is 0 Å². The van der Waals surface area contributed by atoms with E-state index in [0.717, 1.165) is 12.8 Å². The molecule has 2 aromatic rings. The van der Waals surface area contributed by atoms with Crippen LogP contribution in [0.1, 0.15) is 19.8 Å². The van der Waals surface area contributed by atoms with Crippen molar-refractivity contribution in [1.29, 1.82) is 0 Å². The number of carbonyl (C=O) groups excluding carboxylic acids is 1. The van der Waals surface area contributed by atoms with E-state index in [1.165, 1.54) is 10.4 Å². The summed E-state index contributed by atoms with van der Waals surface area (Å²) in [4.78, 5) is 12.5. The van der Waals surface area contributed by atoms with Crippen LogP contribution in [0.5, 0.6) is 5.75 Å². The fraction of sp³-hybridized carbons (Fsp3) is 0.316. The maximum atomic E-state index is 12.6. The molecular weight excluding hydrogens is 352 g/mol. The second kappa shape index (κ2) is 7.88. The molecule has 1 heterocycles. The highest BCUT2D eigenvalue weighted by molar-refractivity contribution is 7.89. The molecule has 6 nitrogen and oxygen atoms in total. The summed E-state index contributed by atoms with van der Waals surface area (Å²) in [5.41, 5.74) is 0.429. The van der Waals surface area contributed by atoms with Crippen molar-refractivity contribution in [2.24, 2.45) is 0 Å². The highest BCUT2D eigenvalue weighted by Gasteiger charge is 2.27. The molecule has 0 radical (unpaired) electrons. The van der Waals surface area contributed by atoms with Crippen LogP contribution in [0.15, 0.2) is 59.5 Å². The lowest BCUT2D eigenvalue weighted by molar-refractivity contribution is -0.122. The van der Waals surface area contributed by atoms with Gasteiger partial charge in [-0.3, -0.25) is 4.79 Å². The topological polar surface area (TPSA) is 75.7 Å². The minimum absolute atomic E-state index is 0.189. The number of nitrogens with zero attached hydrogens (tertiary/aromatic N) is 1. The van der Waals surface area contributed by atoms with Gasteiger partial charge < -0.3 is 10.1 Å². The Morgan fingerprint density at radius 2 is 1.77 bits per heavy atom. The van der Waals surface area contributed by atoms with Gasteiger partial charge in [-0.2, -0.15) is 4.31 Å². The van der Waals surface area contributed by atoms with Gasteiger partial charge in [0, 0.05) is 18.8 Å². The molecule has 2 aromatic carbocycles. The first-order valence-electron chi connectivity index (χ1n) is 8.59. The lowest BCUT2D eigenvalue weighted by atomic mass is 10.3. The summed E-state index contributed by atoms with van der Waals surface area (Å²) >= 11 is 0. The van der Waals surface area contributed by atoms with E-state index in [2.05, 4.69) is 5.32 Å². The van der Waals surface area contributed by atoms with E-state index in [4.69, 9.17) is 4.74 Å². The number of anilines is 1. The molecule has 1 N–H and O–H groups in total. The molecule has 1 aliphatic rings. The number of amides is 1. The average molecular weight is 374 g/mol. The monoisotopic (exact) mass is 374 g/mol. The molecule has 1 amide bonds. The zero-order valence-electron chi connectivity index (χ0n) is 14.6. The average Bonchev–Trinajstić information content (AvgIpc) is 3.18. The van der Waals surface area contributed by atoms with E-state index in [-0.39, 0.29) is 10.8 Å². The molecule has 0 spiro atoms. The number of ether oxygens (including phenoxy) is 1. The van der Waals surface area contributed by atoms with Gasteiger partial charge in [-0.1, -0.05) is 24.3 Å². The van der Waals surface area contributed by atoms with Crippen LogP contribution in [0.4, 0.5) is 5.69 Å². The molecule has 1 atom stereocenters. The van der Waals surface area contributed by atoms with Crippen LogP contribution in [0.3, 0.4) is 0 Å². The molecule has 1 saturated heterocycles. The number of rotatable bonds is 6. The summed E-state index contributed by atoms with van der Waals surface area (Å²) in [6.45, 7) is 2.73. The summed E-state index contributed by atoms with van der Waals surface area (Å²) in [7, 11) is -3.52. The minimum Gasteiger partial charge on any atom is -0.481 e. The number of hydrogen-bond acceptors (Lipinski definition) is 4. The van der Waals surface area contributed by atoms with Crippen LogP contribution < -0.4 is 10.1 Å². The second-order valence-corrected chi connectivity index (χ2v) is 8.14. The number of sulfonamides is 1. The van der Waals surface area contributed by atoms with Gasteiger partial charge in [0.2, 0.25) is 10.0 Å². The quantitative estimate of drug-likeness (QED) is 0.844. The van der Waals surface area contributed by atoms with E-state index in [9.17, 15) is 13.2 Å². The van der Waals surface area contributed by atoms with Crippen molar-refractivity contribution >= 4 is 21.6 Å². The Hall–Kier alpha value is -2.38. The van der Waals surface area contributed by atoms with Gasteiger partial charge in [-0.05, 0) is 50.1 Å². The molecule has 0 aliphatic carbocycles. The molecule has 1 fully saturated rings. The molecule has 7 heteroatoms. The van der Waals surface area contributed by atoms with Gasteiger partial charge in [0.1, 0.15) is 5.75 Å². The Balaban J connectivity index is 1.69.